The maximum Gasteiger partial charge on any atom is 0.338 e. The van der Waals surface area contributed by atoms with E-state index in [1.807, 2.05) is 48.7 Å². The lowest BCUT2D eigenvalue weighted by Crippen LogP contribution is -2.39. The topological polar surface area (TPSA) is 76.5 Å². The van der Waals surface area contributed by atoms with E-state index in [9.17, 15) is 9.59 Å². The second-order valence-corrected chi connectivity index (χ2v) is 9.03. The molecule has 4 aromatic rings. The van der Waals surface area contributed by atoms with Crippen molar-refractivity contribution in [1.82, 2.24) is 19.8 Å². The molecule has 4 rings (SSSR count). The summed E-state index contributed by atoms with van der Waals surface area (Å²) in [6, 6.07) is 23.8. The van der Waals surface area contributed by atoms with Crippen molar-refractivity contribution < 1.29 is 14.3 Å². The Labute approximate surface area is 211 Å². The highest BCUT2D eigenvalue weighted by molar-refractivity contribution is 5.98. The molecular weight excluding hydrogens is 452 g/mol. The number of likely N-dealkylation sites (N-methyl/N-ethyl adjacent to an activating group) is 1. The van der Waals surface area contributed by atoms with Crippen LogP contribution in [0.5, 0.6) is 0 Å². The van der Waals surface area contributed by atoms with Crippen molar-refractivity contribution in [3.63, 3.8) is 0 Å². The minimum absolute atomic E-state index is 0.174. The predicted molar refractivity (Wildman–Crippen MR) is 142 cm³/mol. The monoisotopic (exact) mass is 484 g/mol. The van der Waals surface area contributed by atoms with Crippen LogP contribution in [-0.2, 0) is 11.3 Å². The number of carbonyl (C=O) groups excluding carboxylic acids is 2. The lowest BCUT2D eigenvalue weighted by Gasteiger charge is -2.20. The van der Waals surface area contributed by atoms with Crippen LogP contribution >= 0.6 is 0 Å². The number of hydrogen-bond acceptors (Lipinski definition) is 5. The number of nitrogens with one attached hydrogen (secondary N) is 1. The van der Waals surface area contributed by atoms with Gasteiger partial charge in [-0.1, -0.05) is 54.6 Å². The fourth-order valence-electron chi connectivity index (χ4n) is 3.92. The van der Waals surface area contributed by atoms with Gasteiger partial charge in [0, 0.05) is 19.1 Å². The summed E-state index contributed by atoms with van der Waals surface area (Å²) in [5.74, 6) is -0.340. The van der Waals surface area contributed by atoms with Gasteiger partial charge in [0.2, 0.25) is 0 Å². The number of rotatable bonds is 9. The van der Waals surface area contributed by atoms with Crippen LogP contribution in [0.15, 0.2) is 72.8 Å². The average Bonchev–Trinajstić information content (AvgIpc) is 3.25. The lowest BCUT2D eigenvalue weighted by atomic mass is 10.0. The standard InChI is InChI=1S/C29H32N4O3/c1-5-36-29(35)24-15-16-25-26(17-24)33(27(31-25)28(34)30-18-20(2)32(3)4)19-21-11-13-23(14-12-21)22-9-7-6-8-10-22/h6-17,20H,5,18-19H2,1-4H3,(H,30,34)/t20-/m0/s1. The fraction of sp³-hybridized carbons (Fsp3) is 0.276. The average molecular weight is 485 g/mol. The van der Waals surface area contributed by atoms with Crippen molar-refractivity contribution >= 4 is 22.9 Å². The molecule has 3 aromatic carbocycles. The first-order valence-electron chi connectivity index (χ1n) is 12.1. The third kappa shape index (κ3) is 5.63. The molecule has 0 bridgehead atoms. The van der Waals surface area contributed by atoms with Gasteiger partial charge in [0.1, 0.15) is 0 Å². The van der Waals surface area contributed by atoms with Gasteiger partial charge < -0.3 is 19.5 Å². The summed E-state index contributed by atoms with van der Waals surface area (Å²) in [5.41, 5.74) is 5.07. The van der Waals surface area contributed by atoms with Crippen molar-refractivity contribution in [2.24, 2.45) is 0 Å². The van der Waals surface area contributed by atoms with Crippen LogP contribution in [0.4, 0.5) is 0 Å². The Balaban J connectivity index is 1.69. The molecule has 186 valence electrons. The van der Waals surface area contributed by atoms with E-state index in [0.29, 0.717) is 42.1 Å². The molecule has 0 radical (unpaired) electrons. The van der Waals surface area contributed by atoms with Crippen molar-refractivity contribution in [3.8, 4) is 11.1 Å². The summed E-state index contributed by atoms with van der Waals surface area (Å²) in [5, 5.41) is 3.00. The van der Waals surface area contributed by atoms with E-state index in [1.165, 1.54) is 0 Å². The lowest BCUT2D eigenvalue weighted by molar-refractivity contribution is 0.0526. The third-order valence-electron chi connectivity index (χ3n) is 6.30. The molecule has 0 fully saturated rings. The largest absolute Gasteiger partial charge is 0.462 e. The number of aromatic nitrogens is 2. The number of ether oxygens (including phenoxy) is 1. The Morgan fingerprint density at radius 3 is 2.36 bits per heavy atom. The highest BCUT2D eigenvalue weighted by Gasteiger charge is 2.20. The van der Waals surface area contributed by atoms with Crippen LogP contribution in [0, 0.1) is 0 Å². The molecule has 0 spiro atoms. The first-order valence-corrected chi connectivity index (χ1v) is 12.1. The highest BCUT2D eigenvalue weighted by atomic mass is 16.5. The molecule has 7 heteroatoms. The van der Waals surface area contributed by atoms with Crippen LogP contribution in [0.25, 0.3) is 22.2 Å². The Kier molecular flexibility index (Phi) is 7.80. The van der Waals surface area contributed by atoms with Crippen LogP contribution in [-0.4, -0.2) is 59.6 Å². The summed E-state index contributed by atoms with van der Waals surface area (Å²) in [4.78, 5) is 32.3. The number of amides is 1. The summed E-state index contributed by atoms with van der Waals surface area (Å²) >= 11 is 0. The zero-order valence-corrected chi connectivity index (χ0v) is 21.2. The van der Waals surface area contributed by atoms with Crippen LogP contribution < -0.4 is 5.32 Å². The molecule has 1 N–H and O–H groups in total. The molecule has 0 aliphatic rings. The maximum atomic E-state index is 13.2. The first-order chi connectivity index (χ1) is 17.4. The van der Waals surface area contributed by atoms with Crippen LogP contribution in [0.1, 0.15) is 40.4 Å². The van der Waals surface area contributed by atoms with E-state index in [0.717, 1.165) is 16.7 Å². The molecular formula is C29H32N4O3. The Hall–Kier alpha value is -3.97. The van der Waals surface area contributed by atoms with E-state index in [1.54, 1.807) is 25.1 Å². The molecule has 0 unspecified atom stereocenters. The molecule has 0 aliphatic heterocycles. The van der Waals surface area contributed by atoms with E-state index in [4.69, 9.17) is 4.74 Å². The molecule has 0 saturated carbocycles. The summed E-state index contributed by atoms with van der Waals surface area (Å²) < 4.78 is 7.05. The molecule has 1 heterocycles. The van der Waals surface area contributed by atoms with E-state index < -0.39 is 5.97 Å². The Bertz CT molecular complexity index is 1340. The number of imidazole rings is 1. The predicted octanol–water partition coefficient (Wildman–Crippen LogP) is 4.61. The van der Waals surface area contributed by atoms with Gasteiger partial charge in [0.25, 0.3) is 5.91 Å². The van der Waals surface area contributed by atoms with Gasteiger partial charge in [-0.25, -0.2) is 9.78 Å². The third-order valence-corrected chi connectivity index (χ3v) is 6.30. The molecule has 0 aliphatic carbocycles. The summed E-state index contributed by atoms with van der Waals surface area (Å²) in [7, 11) is 3.95. The minimum atomic E-state index is -0.398. The van der Waals surface area contributed by atoms with Crippen LogP contribution in [0.2, 0.25) is 0 Å². The molecule has 0 saturated heterocycles. The van der Waals surface area contributed by atoms with Crippen molar-refractivity contribution in [1.29, 1.82) is 0 Å². The molecule has 1 amide bonds. The van der Waals surface area contributed by atoms with E-state index in [2.05, 4.69) is 46.7 Å². The van der Waals surface area contributed by atoms with Gasteiger partial charge in [0.05, 0.1) is 23.2 Å². The Morgan fingerprint density at radius 1 is 1.00 bits per heavy atom. The maximum absolute atomic E-state index is 13.2. The van der Waals surface area contributed by atoms with Crippen molar-refractivity contribution in [2.45, 2.75) is 26.4 Å². The van der Waals surface area contributed by atoms with Gasteiger partial charge in [0.15, 0.2) is 5.82 Å². The van der Waals surface area contributed by atoms with Crippen molar-refractivity contribution in [3.05, 3.63) is 89.7 Å². The number of carbonyl (C=O) groups is 2. The smallest absolute Gasteiger partial charge is 0.338 e. The number of hydrogen-bond donors (Lipinski definition) is 1. The second kappa shape index (κ2) is 11.2. The molecule has 1 aromatic heterocycles. The number of nitrogens with zero attached hydrogens (tertiary/aromatic N) is 3. The van der Waals surface area contributed by atoms with Crippen LogP contribution in [0.3, 0.4) is 0 Å². The molecule has 1 atom stereocenters. The molecule has 36 heavy (non-hydrogen) atoms. The Morgan fingerprint density at radius 2 is 1.69 bits per heavy atom. The van der Waals surface area contributed by atoms with Gasteiger partial charge in [-0.15, -0.1) is 0 Å². The zero-order chi connectivity index (χ0) is 25.7. The zero-order valence-electron chi connectivity index (χ0n) is 21.2. The number of fused-ring (bicyclic) bond motifs is 1. The quantitative estimate of drug-likeness (QED) is 0.351. The fourth-order valence-corrected chi connectivity index (χ4v) is 3.92. The highest BCUT2D eigenvalue weighted by Crippen LogP contribution is 2.23. The summed E-state index contributed by atoms with van der Waals surface area (Å²) in [6.45, 7) is 5.04. The van der Waals surface area contributed by atoms with Crippen molar-refractivity contribution in [2.75, 3.05) is 27.2 Å². The second-order valence-electron chi connectivity index (χ2n) is 9.03. The first kappa shape index (κ1) is 25.1. The van der Waals surface area contributed by atoms with E-state index >= 15 is 0 Å². The van der Waals surface area contributed by atoms with Gasteiger partial charge >= 0.3 is 5.97 Å². The minimum Gasteiger partial charge on any atom is -0.462 e. The normalized spacial score (nSPS) is 12.0. The van der Waals surface area contributed by atoms with Gasteiger partial charge in [-0.2, -0.15) is 0 Å². The van der Waals surface area contributed by atoms with Gasteiger partial charge in [-0.3, -0.25) is 4.79 Å². The summed E-state index contributed by atoms with van der Waals surface area (Å²) in [6.07, 6.45) is 0. The SMILES string of the molecule is CCOC(=O)c1ccc2nc(C(=O)NC[C@H](C)N(C)C)n(Cc3ccc(-c4ccccc4)cc3)c2c1. The number of benzene rings is 3. The molecule has 7 nitrogen and oxygen atoms in total. The van der Waals surface area contributed by atoms with E-state index in [-0.39, 0.29) is 11.9 Å². The van der Waals surface area contributed by atoms with Gasteiger partial charge in [-0.05, 0) is 62.8 Å². The number of esters is 1.